The maximum absolute atomic E-state index is 10.1. The SMILES string of the molecule is CCC(O)N1CC(c2c(C)c(Cl)cc(C(C)n3nc(C)c4c(N)ncnc43)c2OC)C1. The highest BCUT2D eigenvalue weighted by atomic mass is 35.5. The Morgan fingerprint density at radius 1 is 1.32 bits per heavy atom. The Bertz CT molecular complexity index is 1130. The molecule has 0 aliphatic carbocycles. The van der Waals surface area contributed by atoms with E-state index in [1.165, 1.54) is 6.33 Å². The molecule has 0 amide bonds. The first-order valence-corrected chi connectivity index (χ1v) is 10.9. The van der Waals surface area contributed by atoms with Crippen molar-refractivity contribution in [3.05, 3.63) is 39.8 Å². The minimum Gasteiger partial charge on any atom is -0.496 e. The van der Waals surface area contributed by atoms with Crippen molar-refractivity contribution in [2.75, 3.05) is 25.9 Å². The van der Waals surface area contributed by atoms with Crippen molar-refractivity contribution in [3.8, 4) is 5.75 Å². The Kier molecular flexibility index (Phi) is 5.81. The molecule has 1 aliphatic rings. The molecule has 3 heterocycles. The van der Waals surface area contributed by atoms with E-state index >= 15 is 0 Å². The molecule has 3 aromatic rings. The molecule has 1 aromatic carbocycles. The van der Waals surface area contributed by atoms with Gasteiger partial charge in [0, 0.05) is 35.2 Å². The van der Waals surface area contributed by atoms with Crippen LogP contribution in [0.5, 0.6) is 5.75 Å². The lowest BCUT2D eigenvalue weighted by atomic mass is 9.85. The lowest BCUT2D eigenvalue weighted by Gasteiger charge is -2.43. The molecular formula is C22H29ClN6O2. The summed E-state index contributed by atoms with van der Waals surface area (Å²) in [4.78, 5) is 10.6. The number of aliphatic hydroxyl groups is 1. The fraction of sp³-hybridized carbons (Fsp3) is 0.500. The Balaban J connectivity index is 1.80. The summed E-state index contributed by atoms with van der Waals surface area (Å²) >= 11 is 6.69. The summed E-state index contributed by atoms with van der Waals surface area (Å²) in [5, 5.41) is 16.3. The van der Waals surface area contributed by atoms with Crippen molar-refractivity contribution in [2.24, 2.45) is 0 Å². The molecule has 0 radical (unpaired) electrons. The summed E-state index contributed by atoms with van der Waals surface area (Å²) < 4.78 is 7.79. The third kappa shape index (κ3) is 3.52. The molecule has 0 spiro atoms. The molecule has 2 aromatic heterocycles. The van der Waals surface area contributed by atoms with E-state index < -0.39 is 6.23 Å². The van der Waals surface area contributed by atoms with Crippen molar-refractivity contribution in [1.29, 1.82) is 0 Å². The molecule has 8 nitrogen and oxygen atoms in total. The molecule has 0 bridgehead atoms. The van der Waals surface area contributed by atoms with Crippen LogP contribution in [-0.4, -0.2) is 56.2 Å². The summed E-state index contributed by atoms with van der Waals surface area (Å²) in [6.45, 7) is 9.50. The van der Waals surface area contributed by atoms with Crippen molar-refractivity contribution < 1.29 is 9.84 Å². The third-order valence-corrected chi connectivity index (χ3v) is 6.76. The molecular weight excluding hydrogens is 416 g/mol. The zero-order valence-electron chi connectivity index (χ0n) is 18.6. The van der Waals surface area contributed by atoms with Gasteiger partial charge in [-0.05, 0) is 38.8 Å². The number of anilines is 1. The van der Waals surface area contributed by atoms with E-state index in [0.29, 0.717) is 22.9 Å². The Morgan fingerprint density at radius 3 is 2.68 bits per heavy atom. The molecule has 0 saturated carbocycles. The first kappa shape index (κ1) is 21.8. The Morgan fingerprint density at radius 2 is 2.03 bits per heavy atom. The number of ether oxygens (including phenoxy) is 1. The monoisotopic (exact) mass is 444 g/mol. The van der Waals surface area contributed by atoms with Crippen molar-refractivity contribution in [1.82, 2.24) is 24.6 Å². The highest BCUT2D eigenvalue weighted by molar-refractivity contribution is 6.31. The van der Waals surface area contributed by atoms with Crippen LogP contribution in [0.2, 0.25) is 5.02 Å². The summed E-state index contributed by atoms with van der Waals surface area (Å²) in [6.07, 6.45) is 1.75. The predicted octanol–water partition coefficient (Wildman–Crippen LogP) is 3.42. The van der Waals surface area contributed by atoms with Gasteiger partial charge in [-0.3, -0.25) is 4.90 Å². The van der Waals surface area contributed by atoms with Crippen molar-refractivity contribution >= 4 is 28.5 Å². The number of nitrogen functional groups attached to an aromatic ring is 1. The van der Waals surface area contributed by atoms with Crippen LogP contribution < -0.4 is 10.5 Å². The molecule has 31 heavy (non-hydrogen) atoms. The zero-order chi connectivity index (χ0) is 22.4. The lowest BCUT2D eigenvalue weighted by Crippen LogP contribution is -2.50. The summed E-state index contributed by atoms with van der Waals surface area (Å²) in [7, 11) is 1.69. The molecule has 1 saturated heterocycles. The summed E-state index contributed by atoms with van der Waals surface area (Å²) in [5.41, 5.74) is 10.6. The van der Waals surface area contributed by atoms with E-state index in [4.69, 9.17) is 27.2 Å². The smallest absolute Gasteiger partial charge is 0.164 e. The molecule has 1 aliphatic heterocycles. The number of hydrogen-bond acceptors (Lipinski definition) is 7. The number of nitrogens with two attached hydrogens (primary N) is 1. The van der Waals surface area contributed by atoms with Gasteiger partial charge in [0.25, 0.3) is 0 Å². The first-order chi connectivity index (χ1) is 14.8. The molecule has 3 N–H and O–H groups in total. The number of nitrogens with zero attached hydrogens (tertiary/aromatic N) is 5. The largest absolute Gasteiger partial charge is 0.496 e. The zero-order valence-corrected chi connectivity index (χ0v) is 19.3. The van der Waals surface area contributed by atoms with Crippen LogP contribution in [0.1, 0.15) is 54.6 Å². The van der Waals surface area contributed by atoms with Gasteiger partial charge >= 0.3 is 0 Å². The lowest BCUT2D eigenvalue weighted by molar-refractivity contribution is -0.0478. The van der Waals surface area contributed by atoms with Gasteiger partial charge in [-0.1, -0.05) is 18.5 Å². The highest BCUT2D eigenvalue weighted by Gasteiger charge is 2.36. The van der Waals surface area contributed by atoms with E-state index in [1.54, 1.807) is 7.11 Å². The second kappa shape index (κ2) is 8.26. The van der Waals surface area contributed by atoms with Crippen LogP contribution in [0.3, 0.4) is 0 Å². The third-order valence-electron chi connectivity index (χ3n) is 6.37. The fourth-order valence-electron chi connectivity index (χ4n) is 4.56. The molecule has 9 heteroatoms. The van der Waals surface area contributed by atoms with Crippen LogP contribution in [-0.2, 0) is 0 Å². The van der Waals surface area contributed by atoms with E-state index in [1.807, 2.05) is 38.4 Å². The second-order valence-corrected chi connectivity index (χ2v) is 8.63. The quantitative estimate of drug-likeness (QED) is 0.600. The number of aliphatic hydroxyl groups excluding tert-OH is 1. The van der Waals surface area contributed by atoms with E-state index in [9.17, 15) is 5.11 Å². The van der Waals surface area contributed by atoms with Crippen LogP contribution in [0.25, 0.3) is 11.0 Å². The van der Waals surface area contributed by atoms with Gasteiger partial charge in [0.2, 0.25) is 0 Å². The molecule has 4 rings (SSSR count). The fourth-order valence-corrected chi connectivity index (χ4v) is 4.78. The number of hydrogen-bond donors (Lipinski definition) is 2. The number of aryl methyl sites for hydroxylation is 1. The topological polar surface area (TPSA) is 102 Å². The first-order valence-electron chi connectivity index (χ1n) is 10.5. The molecule has 1 fully saturated rings. The standard InChI is InChI=1S/C22H29ClN6O2/c1-6-17(30)28-8-14(9-28)18-11(2)16(23)7-15(20(18)31-5)13(4)29-22-19(12(3)27-29)21(24)25-10-26-22/h7,10,13-14,17,30H,6,8-9H2,1-5H3,(H2,24,25,26). The number of likely N-dealkylation sites (tertiary alicyclic amines) is 1. The number of fused-ring (bicyclic) bond motifs is 1. The van der Waals surface area contributed by atoms with Crippen LogP contribution in [0, 0.1) is 13.8 Å². The van der Waals surface area contributed by atoms with Crippen molar-refractivity contribution in [2.45, 2.75) is 52.3 Å². The molecule has 2 atom stereocenters. The number of benzene rings is 1. The van der Waals surface area contributed by atoms with Crippen molar-refractivity contribution in [3.63, 3.8) is 0 Å². The summed E-state index contributed by atoms with van der Waals surface area (Å²) in [6, 6.07) is 1.77. The van der Waals surface area contributed by atoms with Gasteiger partial charge in [0.15, 0.2) is 5.65 Å². The minimum atomic E-state index is -0.413. The normalized spacial score (nSPS) is 17.0. The van der Waals surface area contributed by atoms with Gasteiger partial charge < -0.3 is 15.6 Å². The maximum Gasteiger partial charge on any atom is 0.164 e. The summed E-state index contributed by atoms with van der Waals surface area (Å²) in [5.74, 6) is 1.47. The maximum atomic E-state index is 10.1. The number of halogens is 1. The number of methoxy groups -OCH3 is 1. The average Bonchev–Trinajstić information content (AvgIpc) is 3.06. The average molecular weight is 445 g/mol. The Hall–Kier alpha value is -2.42. The van der Waals surface area contributed by atoms with E-state index in [2.05, 4.69) is 14.9 Å². The van der Waals surface area contributed by atoms with E-state index in [-0.39, 0.29) is 12.0 Å². The van der Waals surface area contributed by atoms with Crippen LogP contribution in [0.15, 0.2) is 12.4 Å². The predicted molar refractivity (Wildman–Crippen MR) is 122 cm³/mol. The van der Waals surface area contributed by atoms with Gasteiger partial charge in [-0.25, -0.2) is 14.6 Å². The van der Waals surface area contributed by atoms with Crippen LogP contribution >= 0.6 is 11.6 Å². The number of rotatable bonds is 6. The highest BCUT2D eigenvalue weighted by Crippen LogP contribution is 2.44. The number of aromatic nitrogens is 4. The van der Waals surface area contributed by atoms with Gasteiger partial charge in [-0.15, -0.1) is 0 Å². The second-order valence-electron chi connectivity index (χ2n) is 8.22. The molecule has 2 unspecified atom stereocenters. The van der Waals surface area contributed by atoms with Gasteiger partial charge in [-0.2, -0.15) is 5.10 Å². The van der Waals surface area contributed by atoms with Crippen LogP contribution in [0.4, 0.5) is 5.82 Å². The minimum absolute atomic E-state index is 0.185. The Labute approximate surface area is 187 Å². The van der Waals surface area contributed by atoms with Gasteiger partial charge in [0.1, 0.15) is 24.1 Å². The van der Waals surface area contributed by atoms with Gasteiger partial charge in [0.05, 0.1) is 24.2 Å². The molecule has 166 valence electrons. The van der Waals surface area contributed by atoms with E-state index in [0.717, 1.165) is 46.6 Å².